The number of oxime groups is 1. The first-order valence-electron chi connectivity index (χ1n) is 5.81. The van der Waals surface area contributed by atoms with E-state index in [-0.39, 0.29) is 11.5 Å². The van der Waals surface area contributed by atoms with Crippen LogP contribution in [0.4, 0.5) is 11.4 Å². The average Bonchev–Trinajstić information content (AvgIpc) is 2.90. The minimum atomic E-state index is -0.796. The zero-order chi connectivity index (χ0) is 16.3. The van der Waals surface area contributed by atoms with E-state index in [1.165, 1.54) is 17.4 Å². The van der Waals surface area contributed by atoms with Gasteiger partial charge in [0.25, 0.3) is 5.69 Å². The molecule has 0 atom stereocenters. The lowest BCUT2D eigenvalue weighted by molar-refractivity contribution is -0.394. The van der Waals surface area contributed by atoms with Gasteiger partial charge in [-0.3, -0.25) is 20.2 Å². The topological polar surface area (TPSA) is 128 Å². The molecular weight excluding hydrogens is 314 g/mol. The molecule has 1 heterocycles. The summed E-state index contributed by atoms with van der Waals surface area (Å²) in [5.74, 6) is -0.209. The lowest BCUT2D eigenvalue weighted by Gasteiger charge is -2.02. The van der Waals surface area contributed by atoms with Crippen LogP contribution in [0.15, 0.2) is 34.8 Å². The molecule has 0 bridgehead atoms. The predicted molar refractivity (Wildman–Crippen MR) is 78.6 cm³/mol. The maximum Gasteiger partial charge on any atom is 0.321 e. The third-order valence-corrected chi connectivity index (χ3v) is 3.62. The van der Waals surface area contributed by atoms with Gasteiger partial charge in [0.15, 0.2) is 0 Å². The molecular formula is C12H9N3O6S. The number of rotatable bonds is 5. The van der Waals surface area contributed by atoms with Gasteiger partial charge < -0.3 is 9.94 Å². The van der Waals surface area contributed by atoms with Crippen LogP contribution in [0.5, 0.6) is 11.5 Å². The highest BCUT2D eigenvalue weighted by Crippen LogP contribution is 2.31. The average molecular weight is 323 g/mol. The van der Waals surface area contributed by atoms with Crippen LogP contribution in [-0.2, 0) is 0 Å². The first-order chi connectivity index (χ1) is 10.4. The van der Waals surface area contributed by atoms with Crippen LogP contribution in [0, 0.1) is 20.2 Å². The summed E-state index contributed by atoms with van der Waals surface area (Å²) in [5.41, 5.74) is -0.669. The second-order valence-corrected chi connectivity index (χ2v) is 4.99. The molecule has 0 saturated carbocycles. The fourth-order valence-corrected chi connectivity index (χ4v) is 2.30. The molecule has 0 spiro atoms. The molecule has 2 rings (SSSR count). The zero-order valence-electron chi connectivity index (χ0n) is 11.1. The molecule has 0 fully saturated rings. The molecule has 0 aliphatic rings. The first kappa shape index (κ1) is 15.4. The number of non-ortho nitro benzene ring substituents is 1. The van der Waals surface area contributed by atoms with E-state index in [9.17, 15) is 25.3 Å². The molecule has 2 aromatic rings. The molecule has 1 N–H and O–H groups in total. The van der Waals surface area contributed by atoms with Crippen molar-refractivity contribution in [3.63, 3.8) is 0 Å². The van der Waals surface area contributed by atoms with Gasteiger partial charge in [-0.15, -0.1) is 11.3 Å². The standard InChI is InChI=1S/C12H9N3O6S/c1-7(12-10(16)4-5-22-12)13-21-11-3-2-8(14(17)18)6-9(11)15(19)20/h2-6,16H,1H3/b13-7+. The van der Waals surface area contributed by atoms with Crippen molar-refractivity contribution >= 4 is 28.4 Å². The molecule has 0 aliphatic carbocycles. The summed E-state index contributed by atoms with van der Waals surface area (Å²) in [4.78, 5) is 25.5. The lowest BCUT2D eigenvalue weighted by atomic mass is 10.2. The quantitative estimate of drug-likeness (QED) is 0.511. The van der Waals surface area contributed by atoms with Crippen molar-refractivity contribution in [3.8, 4) is 11.5 Å². The summed E-state index contributed by atoms with van der Waals surface area (Å²) in [5, 5.41) is 36.5. The van der Waals surface area contributed by atoms with Crippen LogP contribution in [-0.4, -0.2) is 20.7 Å². The normalized spacial score (nSPS) is 11.2. The molecule has 0 aliphatic heterocycles. The molecule has 1 aromatic heterocycles. The minimum absolute atomic E-state index is 0.0213. The van der Waals surface area contributed by atoms with E-state index < -0.39 is 21.2 Å². The number of nitro groups is 2. The Kier molecular flexibility index (Phi) is 4.32. The Bertz CT molecular complexity index is 770. The first-order valence-corrected chi connectivity index (χ1v) is 6.69. The van der Waals surface area contributed by atoms with Crippen LogP contribution >= 0.6 is 11.3 Å². The summed E-state index contributed by atoms with van der Waals surface area (Å²) in [6.07, 6.45) is 0. The number of hydrogen-bond acceptors (Lipinski definition) is 8. The van der Waals surface area contributed by atoms with Crippen molar-refractivity contribution in [2.24, 2.45) is 5.16 Å². The summed E-state index contributed by atoms with van der Waals surface area (Å²) in [7, 11) is 0. The number of hydrogen-bond donors (Lipinski definition) is 1. The van der Waals surface area contributed by atoms with Crippen molar-refractivity contribution in [1.82, 2.24) is 0 Å². The van der Waals surface area contributed by atoms with Gasteiger partial charge in [0.2, 0.25) is 5.75 Å². The Morgan fingerprint density at radius 3 is 2.55 bits per heavy atom. The third kappa shape index (κ3) is 3.17. The number of nitro benzene ring substituents is 2. The highest BCUT2D eigenvalue weighted by atomic mass is 32.1. The lowest BCUT2D eigenvalue weighted by Crippen LogP contribution is -1.99. The Morgan fingerprint density at radius 1 is 1.27 bits per heavy atom. The van der Waals surface area contributed by atoms with Crippen LogP contribution in [0.25, 0.3) is 0 Å². The van der Waals surface area contributed by atoms with E-state index in [1.807, 2.05) is 0 Å². The minimum Gasteiger partial charge on any atom is -0.506 e. The summed E-state index contributed by atoms with van der Waals surface area (Å²) >= 11 is 1.23. The van der Waals surface area contributed by atoms with Gasteiger partial charge in [0, 0.05) is 6.07 Å². The highest BCUT2D eigenvalue weighted by molar-refractivity contribution is 7.12. The SMILES string of the molecule is C/C(=N\Oc1ccc([N+](=O)[O-])cc1[N+](=O)[O-])c1sccc1O. The molecule has 0 radical (unpaired) electrons. The van der Waals surface area contributed by atoms with Crippen molar-refractivity contribution in [1.29, 1.82) is 0 Å². The third-order valence-electron chi connectivity index (χ3n) is 2.60. The Balaban J connectivity index is 2.31. The fraction of sp³-hybridized carbons (Fsp3) is 0.0833. The highest BCUT2D eigenvalue weighted by Gasteiger charge is 2.21. The van der Waals surface area contributed by atoms with Crippen molar-refractivity contribution in [2.75, 3.05) is 0 Å². The second-order valence-electron chi connectivity index (χ2n) is 4.07. The van der Waals surface area contributed by atoms with E-state index >= 15 is 0 Å². The largest absolute Gasteiger partial charge is 0.506 e. The van der Waals surface area contributed by atoms with Gasteiger partial charge in [0.1, 0.15) is 5.75 Å². The van der Waals surface area contributed by atoms with E-state index in [4.69, 9.17) is 4.84 Å². The summed E-state index contributed by atoms with van der Waals surface area (Å²) < 4.78 is 0. The van der Waals surface area contributed by atoms with E-state index in [0.717, 1.165) is 18.2 Å². The molecule has 10 heteroatoms. The number of aromatic hydroxyl groups is 1. The van der Waals surface area contributed by atoms with Crippen molar-refractivity contribution in [2.45, 2.75) is 6.92 Å². The Morgan fingerprint density at radius 2 is 2.00 bits per heavy atom. The maximum absolute atomic E-state index is 10.9. The van der Waals surface area contributed by atoms with Crippen molar-refractivity contribution in [3.05, 3.63) is 54.8 Å². The van der Waals surface area contributed by atoms with Crippen LogP contribution in [0.2, 0.25) is 0 Å². The Hall–Kier alpha value is -3.01. The second kappa shape index (κ2) is 6.18. The summed E-state index contributed by atoms with van der Waals surface area (Å²) in [6.45, 7) is 1.56. The predicted octanol–water partition coefficient (Wildman–Crippen LogP) is 3.07. The molecule has 0 amide bonds. The zero-order valence-corrected chi connectivity index (χ0v) is 11.9. The van der Waals surface area contributed by atoms with E-state index in [0.29, 0.717) is 10.6 Å². The molecule has 114 valence electrons. The number of nitrogens with zero attached hydrogens (tertiary/aromatic N) is 3. The number of benzene rings is 1. The smallest absolute Gasteiger partial charge is 0.321 e. The van der Waals surface area contributed by atoms with Crippen LogP contribution in [0.3, 0.4) is 0 Å². The molecule has 0 unspecified atom stereocenters. The molecule has 9 nitrogen and oxygen atoms in total. The molecule has 0 saturated heterocycles. The Labute approximate surface area is 127 Å². The summed E-state index contributed by atoms with van der Waals surface area (Å²) in [6, 6.07) is 4.45. The molecule has 1 aromatic carbocycles. The monoisotopic (exact) mass is 323 g/mol. The maximum atomic E-state index is 10.9. The van der Waals surface area contributed by atoms with Gasteiger partial charge >= 0.3 is 5.69 Å². The van der Waals surface area contributed by atoms with Crippen LogP contribution < -0.4 is 4.84 Å². The van der Waals surface area contributed by atoms with Crippen LogP contribution in [0.1, 0.15) is 11.8 Å². The fourth-order valence-electron chi connectivity index (χ4n) is 1.57. The van der Waals surface area contributed by atoms with E-state index in [2.05, 4.69) is 5.16 Å². The van der Waals surface area contributed by atoms with Gasteiger partial charge in [-0.1, -0.05) is 5.16 Å². The van der Waals surface area contributed by atoms with Gasteiger partial charge in [-0.2, -0.15) is 0 Å². The van der Waals surface area contributed by atoms with Gasteiger partial charge in [-0.25, -0.2) is 0 Å². The van der Waals surface area contributed by atoms with E-state index in [1.54, 1.807) is 12.3 Å². The van der Waals surface area contributed by atoms with Crippen molar-refractivity contribution < 1.29 is 19.8 Å². The number of thiophene rings is 1. The van der Waals surface area contributed by atoms with Gasteiger partial charge in [0.05, 0.1) is 26.5 Å². The van der Waals surface area contributed by atoms with Gasteiger partial charge in [-0.05, 0) is 24.4 Å². The molecule has 22 heavy (non-hydrogen) atoms.